The van der Waals surface area contributed by atoms with E-state index in [1.54, 1.807) is 13.0 Å². The summed E-state index contributed by atoms with van der Waals surface area (Å²) in [5.41, 5.74) is 0.431. The van der Waals surface area contributed by atoms with Gasteiger partial charge in [-0.15, -0.1) is 0 Å². The van der Waals surface area contributed by atoms with Gasteiger partial charge in [0.05, 0.1) is 5.56 Å². The molecular weight excluding hydrogens is 234 g/mol. The molecule has 0 aliphatic heterocycles. The monoisotopic (exact) mass is 251 g/mol. The second-order valence-corrected chi connectivity index (χ2v) is 4.71. The highest BCUT2D eigenvalue weighted by molar-refractivity contribution is 5.95. The highest BCUT2D eigenvalue weighted by atomic mass is 16.4. The van der Waals surface area contributed by atoms with Crippen molar-refractivity contribution < 1.29 is 19.1 Å². The first-order chi connectivity index (χ1) is 8.58. The van der Waals surface area contributed by atoms with Crippen LogP contribution in [0.4, 0.5) is 0 Å². The van der Waals surface area contributed by atoms with Crippen LogP contribution in [0.3, 0.4) is 0 Å². The minimum absolute atomic E-state index is 0.0452. The molecule has 1 aliphatic carbocycles. The lowest BCUT2D eigenvalue weighted by Gasteiger charge is -2.26. The van der Waals surface area contributed by atoms with Gasteiger partial charge in [-0.05, 0) is 25.8 Å². The quantitative estimate of drug-likeness (QED) is 0.889. The van der Waals surface area contributed by atoms with Crippen LogP contribution in [0.25, 0.3) is 0 Å². The Labute approximate surface area is 105 Å². The van der Waals surface area contributed by atoms with Crippen LogP contribution in [0.1, 0.15) is 41.8 Å². The van der Waals surface area contributed by atoms with Crippen LogP contribution in [-0.2, 0) is 4.79 Å². The summed E-state index contributed by atoms with van der Waals surface area (Å²) in [6.45, 7) is 1.52. The zero-order valence-electron chi connectivity index (χ0n) is 10.4. The van der Waals surface area contributed by atoms with Crippen LogP contribution < -0.4 is 0 Å². The van der Waals surface area contributed by atoms with Gasteiger partial charge < -0.3 is 14.4 Å². The molecule has 1 saturated carbocycles. The van der Waals surface area contributed by atoms with Gasteiger partial charge in [-0.2, -0.15) is 0 Å². The number of carboxylic acids is 1. The van der Waals surface area contributed by atoms with Crippen molar-refractivity contribution in [2.24, 2.45) is 0 Å². The molecule has 0 bridgehead atoms. The van der Waals surface area contributed by atoms with E-state index in [9.17, 15) is 9.59 Å². The van der Waals surface area contributed by atoms with E-state index in [2.05, 4.69) is 0 Å². The zero-order valence-corrected chi connectivity index (χ0v) is 10.4. The number of amides is 1. The summed E-state index contributed by atoms with van der Waals surface area (Å²) in [5.74, 6) is -0.573. The molecule has 1 heterocycles. The van der Waals surface area contributed by atoms with E-state index in [0.29, 0.717) is 11.3 Å². The molecule has 0 atom stereocenters. The molecule has 2 rings (SSSR count). The fraction of sp³-hybridized carbons (Fsp3) is 0.538. The average Bonchev–Trinajstić information content (AvgIpc) is 2.95. The van der Waals surface area contributed by atoms with Crippen molar-refractivity contribution in [1.82, 2.24) is 4.90 Å². The third-order valence-electron chi connectivity index (χ3n) is 3.31. The largest absolute Gasteiger partial charge is 0.480 e. The Kier molecular flexibility index (Phi) is 3.69. The van der Waals surface area contributed by atoms with Crippen LogP contribution in [0, 0.1) is 6.92 Å². The highest BCUT2D eigenvalue weighted by Crippen LogP contribution is 2.25. The number of rotatable bonds is 4. The molecule has 0 saturated heterocycles. The van der Waals surface area contributed by atoms with Gasteiger partial charge >= 0.3 is 5.97 Å². The van der Waals surface area contributed by atoms with Crippen LogP contribution in [0.5, 0.6) is 0 Å². The number of aryl methyl sites for hydroxylation is 1. The molecule has 0 spiro atoms. The van der Waals surface area contributed by atoms with Gasteiger partial charge in [0.15, 0.2) is 0 Å². The standard InChI is InChI=1S/C13H17NO4/c1-9-6-10(8-18-9)13(17)14(7-12(15)16)11-4-2-3-5-11/h6,8,11H,2-5,7H2,1H3,(H,15,16). The van der Waals surface area contributed by atoms with Gasteiger partial charge in [0, 0.05) is 6.04 Å². The lowest BCUT2D eigenvalue weighted by atomic mass is 10.1. The Morgan fingerprint density at radius 3 is 2.61 bits per heavy atom. The molecule has 1 N–H and O–H groups in total. The van der Waals surface area contributed by atoms with E-state index in [1.807, 2.05) is 0 Å². The molecule has 1 amide bonds. The molecule has 0 unspecified atom stereocenters. The lowest BCUT2D eigenvalue weighted by molar-refractivity contribution is -0.138. The van der Waals surface area contributed by atoms with E-state index < -0.39 is 5.97 Å². The van der Waals surface area contributed by atoms with E-state index in [-0.39, 0.29) is 18.5 Å². The Morgan fingerprint density at radius 1 is 1.44 bits per heavy atom. The summed E-state index contributed by atoms with van der Waals surface area (Å²) < 4.78 is 5.11. The fourth-order valence-corrected chi connectivity index (χ4v) is 2.45. The van der Waals surface area contributed by atoms with Crippen molar-refractivity contribution in [3.8, 4) is 0 Å². The molecule has 1 fully saturated rings. The van der Waals surface area contributed by atoms with Gasteiger partial charge in [0.1, 0.15) is 18.6 Å². The number of carboxylic acid groups (broad SMARTS) is 1. The predicted octanol–water partition coefficient (Wildman–Crippen LogP) is 2.06. The van der Waals surface area contributed by atoms with Crippen LogP contribution >= 0.6 is 0 Å². The molecule has 98 valence electrons. The van der Waals surface area contributed by atoms with Gasteiger partial charge in [-0.3, -0.25) is 9.59 Å². The van der Waals surface area contributed by atoms with E-state index >= 15 is 0 Å². The van der Waals surface area contributed by atoms with Crippen LogP contribution in [0.15, 0.2) is 16.7 Å². The number of aliphatic carboxylic acids is 1. The second-order valence-electron chi connectivity index (χ2n) is 4.71. The number of furan rings is 1. The number of nitrogens with zero attached hydrogens (tertiary/aromatic N) is 1. The third kappa shape index (κ3) is 2.72. The third-order valence-corrected chi connectivity index (χ3v) is 3.31. The van der Waals surface area contributed by atoms with Crippen molar-refractivity contribution >= 4 is 11.9 Å². The first-order valence-corrected chi connectivity index (χ1v) is 6.16. The Bertz CT molecular complexity index is 446. The van der Waals surface area contributed by atoms with Gasteiger partial charge in [-0.1, -0.05) is 12.8 Å². The molecule has 18 heavy (non-hydrogen) atoms. The summed E-state index contributed by atoms with van der Waals surface area (Å²) in [4.78, 5) is 24.6. The Hall–Kier alpha value is -1.78. The van der Waals surface area contributed by atoms with Crippen LogP contribution in [-0.4, -0.2) is 34.5 Å². The molecule has 1 aliphatic rings. The second kappa shape index (κ2) is 5.25. The van der Waals surface area contributed by atoms with E-state index in [0.717, 1.165) is 25.7 Å². The summed E-state index contributed by atoms with van der Waals surface area (Å²) in [6.07, 6.45) is 5.27. The molecule has 5 nitrogen and oxygen atoms in total. The van der Waals surface area contributed by atoms with Gasteiger partial charge in [0.2, 0.25) is 0 Å². The van der Waals surface area contributed by atoms with Crippen LogP contribution in [0.2, 0.25) is 0 Å². The Morgan fingerprint density at radius 2 is 2.11 bits per heavy atom. The zero-order chi connectivity index (χ0) is 13.1. The number of carbonyl (C=O) groups is 2. The lowest BCUT2D eigenvalue weighted by Crippen LogP contribution is -2.42. The molecule has 5 heteroatoms. The minimum atomic E-state index is -0.976. The highest BCUT2D eigenvalue weighted by Gasteiger charge is 2.29. The summed E-state index contributed by atoms with van der Waals surface area (Å²) in [6, 6.07) is 1.69. The van der Waals surface area contributed by atoms with Crippen molar-refractivity contribution in [1.29, 1.82) is 0 Å². The maximum atomic E-state index is 12.3. The summed E-state index contributed by atoms with van der Waals surface area (Å²) in [7, 11) is 0. The molecule has 0 aromatic carbocycles. The molecular formula is C13H17NO4. The number of hydrogen-bond donors (Lipinski definition) is 1. The van der Waals surface area contributed by atoms with Gasteiger partial charge in [-0.25, -0.2) is 0 Å². The number of hydrogen-bond acceptors (Lipinski definition) is 3. The molecule has 1 aromatic heterocycles. The summed E-state index contributed by atoms with van der Waals surface area (Å²) in [5, 5.41) is 8.93. The maximum Gasteiger partial charge on any atom is 0.323 e. The maximum absolute atomic E-state index is 12.3. The van der Waals surface area contributed by atoms with Crippen molar-refractivity contribution in [3.63, 3.8) is 0 Å². The summed E-state index contributed by atoms with van der Waals surface area (Å²) >= 11 is 0. The smallest absolute Gasteiger partial charge is 0.323 e. The van der Waals surface area contributed by atoms with E-state index in [1.165, 1.54) is 11.2 Å². The minimum Gasteiger partial charge on any atom is -0.480 e. The van der Waals surface area contributed by atoms with Crippen molar-refractivity contribution in [2.75, 3.05) is 6.54 Å². The number of carbonyl (C=O) groups excluding carboxylic acids is 1. The topological polar surface area (TPSA) is 70.8 Å². The van der Waals surface area contributed by atoms with Crippen molar-refractivity contribution in [2.45, 2.75) is 38.6 Å². The predicted molar refractivity (Wildman–Crippen MR) is 64.4 cm³/mol. The normalized spacial score (nSPS) is 15.8. The average molecular weight is 251 g/mol. The van der Waals surface area contributed by atoms with E-state index in [4.69, 9.17) is 9.52 Å². The van der Waals surface area contributed by atoms with Gasteiger partial charge in [0.25, 0.3) is 5.91 Å². The molecule has 0 radical (unpaired) electrons. The SMILES string of the molecule is Cc1cc(C(=O)N(CC(=O)O)C2CCCC2)co1. The molecule has 1 aromatic rings. The van der Waals surface area contributed by atoms with Crippen molar-refractivity contribution in [3.05, 3.63) is 23.7 Å². The first-order valence-electron chi connectivity index (χ1n) is 6.16. The Balaban J connectivity index is 2.17. The fourth-order valence-electron chi connectivity index (χ4n) is 2.45. The first kappa shape index (κ1) is 12.7.